The summed E-state index contributed by atoms with van der Waals surface area (Å²) < 4.78 is 25.0. The number of fused-ring (bicyclic) bond motifs is 1. The summed E-state index contributed by atoms with van der Waals surface area (Å²) in [5.74, 6) is -0.0709. The summed E-state index contributed by atoms with van der Waals surface area (Å²) in [7, 11) is 3.16. The van der Waals surface area contributed by atoms with Gasteiger partial charge in [-0.25, -0.2) is 4.39 Å². The van der Waals surface area contributed by atoms with Crippen LogP contribution in [0, 0.1) is 11.7 Å². The van der Waals surface area contributed by atoms with Gasteiger partial charge < -0.3 is 19.7 Å². The van der Waals surface area contributed by atoms with Gasteiger partial charge in [-0.1, -0.05) is 43.3 Å². The summed E-state index contributed by atoms with van der Waals surface area (Å²) in [4.78, 5) is 29.1. The summed E-state index contributed by atoms with van der Waals surface area (Å²) in [5.41, 5.74) is 2.15. The number of halogens is 1. The number of hydrogen-bond acceptors (Lipinski definition) is 5. The Balaban J connectivity index is 1.45. The molecule has 4 rings (SSSR count). The number of ether oxygens (including phenoxy) is 2. The number of hydrogen-bond donors (Lipinski definition) is 1. The minimum Gasteiger partial charge on any atom is -0.493 e. The van der Waals surface area contributed by atoms with E-state index >= 15 is 0 Å². The van der Waals surface area contributed by atoms with Gasteiger partial charge in [-0.15, -0.1) is 11.8 Å². The number of carbonyl (C=O) groups is 2. The first kappa shape index (κ1) is 25.6. The van der Waals surface area contributed by atoms with Crippen molar-refractivity contribution in [3.63, 3.8) is 0 Å². The van der Waals surface area contributed by atoms with Crippen LogP contribution in [-0.2, 0) is 22.6 Å². The van der Waals surface area contributed by atoms with Crippen molar-refractivity contribution in [2.45, 2.75) is 30.0 Å². The maximum Gasteiger partial charge on any atom is 0.241 e. The van der Waals surface area contributed by atoms with Gasteiger partial charge in [0, 0.05) is 17.0 Å². The quantitative estimate of drug-likeness (QED) is 0.448. The van der Waals surface area contributed by atoms with Gasteiger partial charge in [-0.3, -0.25) is 9.59 Å². The Morgan fingerprint density at radius 2 is 1.78 bits per heavy atom. The fourth-order valence-electron chi connectivity index (χ4n) is 4.18. The molecule has 0 spiro atoms. The van der Waals surface area contributed by atoms with Crippen molar-refractivity contribution in [3.8, 4) is 11.5 Å². The number of methoxy groups -OCH3 is 2. The minimum absolute atomic E-state index is 0.104. The third-order valence-corrected chi connectivity index (χ3v) is 7.70. The smallest absolute Gasteiger partial charge is 0.241 e. The minimum atomic E-state index is -0.618. The summed E-state index contributed by atoms with van der Waals surface area (Å²) in [6, 6.07) is 19.6. The van der Waals surface area contributed by atoms with Crippen molar-refractivity contribution in [2.75, 3.05) is 25.7 Å². The van der Waals surface area contributed by atoms with E-state index in [2.05, 4.69) is 5.32 Å². The first-order valence-corrected chi connectivity index (χ1v) is 12.6. The van der Waals surface area contributed by atoms with Crippen molar-refractivity contribution in [1.82, 2.24) is 5.32 Å². The van der Waals surface area contributed by atoms with Gasteiger partial charge in [0.2, 0.25) is 11.8 Å². The summed E-state index contributed by atoms with van der Waals surface area (Å²) in [6.45, 7) is 2.28. The van der Waals surface area contributed by atoms with Crippen LogP contribution in [0.1, 0.15) is 18.1 Å². The number of para-hydroxylation sites is 1. The molecule has 1 aliphatic heterocycles. The highest BCUT2D eigenvalue weighted by molar-refractivity contribution is 8.01. The molecule has 1 aliphatic rings. The third-order valence-electron chi connectivity index (χ3n) is 6.23. The molecule has 0 saturated carbocycles. The van der Waals surface area contributed by atoms with E-state index in [0.29, 0.717) is 30.0 Å². The monoisotopic (exact) mass is 508 g/mol. The highest BCUT2D eigenvalue weighted by Gasteiger charge is 2.39. The Hall–Kier alpha value is -3.52. The predicted molar refractivity (Wildman–Crippen MR) is 139 cm³/mol. The van der Waals surface area contributed by atoms with Crippen molar-refractivity contribution in [2.24, 2.45) is 5.92 Å². The molecule has 1 heterocycles. The molecule has 0 radical (unpaired) electrons. The highest BCUT2D eigenvalue weighted by Crippen LogP contribution is 2.42. The molecule has 188 valence electrons. The van der Waals surface area contributed by atoms with Crippen molar-refractivity contribution < 1.29 is 23.5 Å². The highest BCUT2D eigenvalue weighted by atomic mass is 32.2. The lowest BCUT2D eigenvalue weighted by atomic mass is 10.0. The van der Waals surface area contributed by atoms with E-state index in [4.69, 9.17) is 9.47 Å². The van der Waals surface area contributed by atoms with Crippen LogP contribution in [0.5, 0.6) is 11.5 Å². The van der Waals surface area contributed by atoms with E-state index in [1.165, 1.54) is 17.8 Å². The normalized spacial score (nSPS) is 15.7. The predicted octanol–water partition coefficient (Wildman–Crippen LogP) is 4.85. The van der Waals surface area contributed by atoms with Gasteiger partial charge in [-0.2, -0.15) is 0 Å². The zero-order valence-corrected chi connectivity index (χ0v) is 21.3. The molecule has 3 aromatic carbocycles. The van der Waals surface area contributed by atoms with E-state index < -0.39 is 11.2 Å². The number of benzene rings is 3. The van der Waals surface area contributed by atoms with E-state index in [0.717, 1.165) is 16.1 Å². The molecule has 0 aliphatic carbocycles. The van der Waals surface area contributed by atoms with Crippen LogP contribution in [0.2, 0.25) is 0 Å². The van der Waals surface area contributed by atoms with Crippen LogP contribution in [0.15, 0.2) is 71.6 Å². The third kappa shape index (κ3) is 5.49. The SMILES string of the molecule is COc1ccc(CCNC(=O)[C@@H](C)[C@H]2Sc3ccccc3N(Cc3ccccc3F)C2=O)cc1OC. The standard InChI is InChI=1S/C28H29FN2O4S/c1-18(27(32)30-15-14-19-12-13-23(34-2)24(16-19)35-3)26-28(33)31(17-20-8-4-5-9-21(20)29)22-10-6-7-11-25(22)36-26/h4-13,16,18,26H,14-15,17H2,1-3H3,(H,30,32)/t18-,26+/m0/s1. The lowest BCUT2D eigenvalue weighted by molar-refractivity contribution is -0.128. The van der Waals surface area contributed by atoms with Crippen LogP contribution >= 0.6 is 11.8 Å². The number of nitrogens with one attached hydrogen (secondary N) is 1. The van der Waals surface area contributed by atoms with E-state index in [9.17, 15) is 14.0 Å². The zero-order valence-electron chi connectivity index (χ0n) is 20.5. The average molecular weight is 509 g/mol. The molecule has 8 heteroatoms. The molecule has 0 aromatic heterocycles. The Morgan fingerprint density at radius 1 is 1.06 bits per heavy atom. The van der Waals surface area contributed by atoms with Crippen molar-refractivity contribution >= 4 is 29.3 Å². The molecule has 0 saturated heterocycles. The molecular formula is C28H29FN2O4S. The molecular weight excluding hydrogens is 479 g/mol. The van der Waals surface area contributed by atoms with Crippen LogP contribution < -0.4 is 19.7 Å². The van der Waals surface area contributed by atoms with Crippen LogP contribution in [0.4, 0.5) is 10.1 Å². The number of thioether (sulfide) groups is 1. The number of carbonyl (C=O) groups excluding carboxylic acids is 2. The number of amides is 2. The second-order valence-electron chi connectivity index (χ2n) is 8.54. The fourth-order valence-corrected chi connectivity index (χ4v) is 5.47. The summed E-state index contributed by atoms with van der Waals surface area (Å²) in [6.07, 6.45) is 0.604. The van der Waals surface area contributed by atoms with Crippen molar-refractivity contribution in [1.29, 1.82) is 0 Å². The molecule has 0 unspecified atom stereocenters. The molecule has 3 aromatic rings. The van der Waals surface area contributed by atoms with E-state index in [-0.39, 0.29) is 24.2 Å². The molecule has 36 heavy (non-hydrogen) atoms. The van der Waals surface area contributed by atoms with Crippen LogP contribution in [0.25, 0.3) is 0 Å². The summed E-state index contributed by atoms with van der Waals surface area (Å²) >= 11 is 1.38. The largest absolute Gasteiger partial charge is 0.493 e. The molecule has 6 nitrogen and oxygen atoms in total. The van der Waals surface area contributed by atoms with Gasteiger partial charge in [0.25, 0.3) is 0 Å². The number of rotatable bonds is 9. The lowest BCUT2D eigenvalue weighted by Gasteiger charge is -2.35. The Labute approximate surface area is 214 Å². The fraction of sp³-hybridized carbons (Fsp3) is 0.286. The topological polar surface area (TPSA) is 67.9 Å². The van der Waals surface area contributed by atoms with Crippen molar-refractivity contribution in [3.05, 3.63) is 83.7 Å². The molecule has 0 bridgehead atoms. The summed E-state index contributed by atoms with van der Waals surface area (Å²) in [5, 5.41) is 2.34. The molecule has 1 N–H and O–H groups in total. The zero-order chi connectivity index (χ0) is 25.7. The van der Waals surface area contributed by atoms with Gasteiger partial charge >= 0.3 is 0 Å². The Kier molecular flexibility index (Phi) is 8.15. The lowest BCUT2D eigenvalue weighted by Crippen LogP contribution is -2.47. The first-order valence-electron chi connectivity index (χ1n) is 11.7. The molecule has 2 amide bonds. The van der Waals surface area contributed by atoms with E-state index in [1.54, 1.807) is 44.2 Å². The second-order valence-corrected chi connectivity index (χ2v) is 9.72. The van der Waals surface area contributed by atoms with Gasteiger partial charge in [-0.05, 0) is 42.3 Å². The average Bonchev–Trinajstić information content (AvgIpc) is 2.90. The number of nitrogens with zero attached hydrogens (tertiary/aromatic N) is 1. The Bertz CT molecular complexity index is 1250. The maximum absolute atomic E-state index is 14.4. The second kappa shape index (κ2) is 11.5. The van der Waals surface area contributed by atoms with Crippen LogP contribution in [-0.4, -0.2) is 37.8 Å². The number of anilines is 1. The van der Waals surface area contributed by atoms with Gasteiger partial charge in [0.15, 0.2) is 11.5 Å². The molecule has 0 fully saturated rings. The molecule has 2 atom stereocenters. The first-order chi connectivity index (χ1) is 17.4. The van der Waals surface area contributed by atoms with E-state index in [1.807, 2.05) is 42.5 Å². The van der Waals surface area contributed by atoms with Gasteiger partial charge in [0.1, 0.15) is 11.1 Å². The maximum atomic E-state index is 14.4. The van der Waals surface area contributed by atoms with Crippen LogP contribution in [0.3, 0.4) is 0 Å². The Morgan fingerprint density at radius 3 is 2.53 bits per heavy atom. The van der Waals surface area contributed by atoms with Gasteiger partial charge in [0.05, 0.1) is 32.4 Å².